The zero-order valence-corrected chi connectivity index (χ0v) is 13.3. The largest absolute Gasteiger partial charge is 0.467 e. The first kappa shape index (κ1) is 15.5. The van der Waals surface area contributed by atoms with Crippen LogP contribution in [0.25, 0.3) is 0 Å². The fourth-order valence-electron chi connectivity index (χ4n) is 1.93. The van der Waals surface area contributed by atoms with E-state index in [1.807, 2.05) is 31.2 Å². The summed E-state index contributed by atoms with van der Waals surface area (Å²) in [6, 6.07) is 11.1. The summed E-state index contributed by atoms with van der Waals surface area (Å²) < 4.78 is 18.5. The van der Waals surface area contributed by atoms with Crippen molar-refractivity contribution in [3.05, 3.63) is 63.9 Å². The number of nitrogens with one attached hydrogen (secondary N) is 1. The van der Waals surface area contributed by atoms with Crippen LogP contribution in [0.4, 0.5) is 10.1 Å². The predicted octanol–water partition coefficient (Wildman–Crippen LogP) is 4.22. The minimum absolute atomic E-state index is 0.371. The first-order chi connectivity index (χ1) is 10.0. The summed E-state index contributed by atoms with van der Waals surface area (Å²) in [5.41, 5.74) is 2.52. The molecule has 0 amide bonds. The maximum Gasteiger partial charge on any atom is 0.333 e. The van der Waals surface area contributed by atoms with Gasteiger partial charge in [0.05, 0.1) is 7.11 Å². The van der Waals surface area contributed by atoms with Gasteiger partial charge in [-0.15, -0.1) is 0 Å². The van der Waals surface area contributed by atoms with Gasteiger partial charge in [-0.3, -0.25) is 0 Å². The number of ether oxygens (including phenoxy) is 1. The summed E-state index contributed by atoms with van der Waals surface area (Å²) >= 11 is 3.28. The molecule has 0 aliphatic carbocycles. The Morgan fingerprint density at radius 3 is 2.48 bits per heavy atom. The van der Waals surface area contributed by atoms with Crippen molar-refractivity contribution in [3.63, 3.8) is 0 Å². The van der Waals surface area contributed by atoms with Crippen LogP contribution in [0.3, 0.4) is 0 Å². The molecule has 0 spiro atoms. The van der Waals surface area contributed by atoms with Gasteiger partial charge < -0.3 is 10.1 Å². The normalized spacial score (nSPS) is 11.8. The Morgan fingerprint density at radius 2 is 1.90 bits per heavy atom. The van der Waals surface area contributed by atoms with Crippen molar-refractivity contribution in [3.8, 4) is 0 Å². The van der Waals surface area contributed by atoms with Crippen LogP contribution in [0, 0.1) is 12.7 Å². The Morgan fingerprint density at radius 1 is 1.24 bits per heavy atom. The molecule has 2 rings (SSSR count). The SMILES string of the molecule is COC(=O)C(Nc1ccc(C)cc1)c1ccc(F)cc1Br. The molecule has 2 aromatic rings. The van der Waals surface area contributed by atoms with Crippen molar-refractivity contribution >= 4 is 27.6 Å². The van der Waals surface area contributed by atoms with E-state index >= 15 is 0 Å². The van der Waals surface area contributed by atoms with Crippen LogP contribution in [0.15, 0.2) is 46.9 Å². The third-order valence-electron chi connectivity index (χ3n) is 3.07. The van der Waals surface area contributed by atoms with E-state index in [1.165, 1.54) is 19.2 Å². The van der Waals surface area contributed by atoms with Crippen molar-refractivity contribution in [1.82, 2.24) is 0 Å². The molecule has 1 N–H and O–H groups in total. The monoisotopic (exact) mass is 351 g/mol. The van der Waals surface area contributed by atoms with Crippen LogP contribution in [0.5, 0.6) is 0 Å². The molecular weight excluding hydrogens is 337 g/mol. The van der Waals surface area contributed by atoms with Gasteiger partial charge in [-0.05, 0) is 36.8 Å². The highest BCUT2D eigenvalue weighted by Crippen LogP contribution is 2.28. The number of rotatable bonds is 4. The van der Waals surface area contributed by atoms with Crippen LogP contribution in [-0.2, 0) is 9.53 Å². The van der Waals surface area contributed by atoms with Gasteiger partial charge in [-0.1, -0.05) is 39.7 Å². The van der Waals surface area contributed by atoms with Gasteiger partial charge in [0, 0.05) is 10.2 Å². The zero-order chi connectivity index (χ0) is 15.4. The molecule has 0 heterocycles. The standard InChI is InChI=1S/C16H15BrFNO2/c1-10-3-6-12(7-4-10)19-15(16(20)21-2)13-8-5-11(18)9-14(13)17/h3-9,15,19H,1-2H3. The second-order valence-corrected chi connectivity index (χ2v) is 5.49. The molecule has 1 atom stereocenters. The summed E-state index contributed by atoms with van der Waals surface area (Å²) in [7, 11) is 1.32. The van der Waals surface area contributed by atoms with Gasteiger partial charge in [-0.25, -0.2) is 9.18 Å². The van der Waals surface area contributed by atoms with E-state index in [9.17, 15) is 9.18 Å². The number of carbonyl (C=O) groups is 1. The second kappa shape index (κ2) is 6.72. The molecule has 0 aliphatic rings. The molecule has 3 nitrogen and oxygen atoms in total. The third kappa shape index (κ3) is 3.82. The average molecular weight is 352 g/mol. The van der Waals surface area contributed by atoms with Gasteiger partial charge >= 0.3 is 5.97 Å². The average Bonchev–Trinajstić information content (AvgIpc) is 2.47. The Hall–Kier alpha value is -1.88. The topological polar surface area (TPSA) is 38.3 Å². The lowest BCUT2D eigenvalue weighted by Crippen LogP contribution is -2.22. The molecule has 1 unspecified atom stereocenters. The van der Waals surface area contributed by atoms with Crippen molar-refractivity contribution < 1.29 is 13.9 Å². The number of hydrogen-bond donors (Lipinski definition) is 1. The summed E-state index contributed by atoms with van der Waals surface area (Å²) in [5, 5.41) is 3.11. The second-order valence-electron chi connectivity index (χ2n) is 4.63. The molecule has 110 valence electrons. The smallest absolute Gasteiger partial charge is 0.333 e. The number of halogens is 2. The molecule has 0 bridgehead atoms. The highest BCUT2D eigenvalue weighted by atomic mass is 79.9. The molecular formula is C16H15BrFNO2. The Balaban J connectivity index is 2.34. The van der Waals surface area contributed by atoms with Crippen molar-refractivity contribution in [2.45, 2.75) is 13.0 Å². The van der Waals surface area contributed by atoms with E-state index < -0.39 is 12.0 Å². The number of esters is 1. The molecule has 0 radical (unpaired) electrons. The first-order valence-corrected chi connectivity index (χ1v) is 7.16. The van der Waals surface area contributed by atoms with E-state index in [0.29, 0.717) is 10.0 Å². The van der Waals surface area contributed by atoms with Crippen LogP contribution < -0.4 is 5.32 Å². The number of benzene rings is 2. The van der Waals surface area contributed by atoms with Crippen molar-refractivity contribution in [2.75, 3.05) is 12.4 Å². The minimum atomic E-state index is -0.715. The summed E-state index contributed by atoms with van der Waals surface area (Å²) in [6.45, 7) is 1.98. The summed E-state index contributed by atoms with van der Waals surface area (Å²) in [4.78, 5) is 12.0. The number of methoxy groups -OCH3 is 1. The van der Waals surface area contributed by atoms with Crippen molar-refractivity contribution in [2.24, 2.45) is 0 Å². The fourth-order valence-corrected chi connectivity index (χ4v) is 2.51. The Bertz CT molecular complexity index is 643. The lowest BCUT2D eigenvalue weighted by Gasteiger charge is -2.19. The maximum atomic E-state index is 13.2. The maximum absolute atomic E-state index is 13.2. The molecule has 21 heavy (non-hydrogen) atoms. The van der Waals surface area contributed by atoms with Crippen LogP contribution in [-0.4, -0.2) is 13.1 Å². The van der Waals surface area contributed by atoms with Gasteiger partial charge in [0.1, 0.15) is 5.82 Å². The van der Waals surface area contributed by atoms with E-state index in [0.717, 1.165) is 11.3 Å². The molecule has 0 aliphatic heterocycles. The molecule has 5 heteroatoms. The molecule has 2 aromatic carbocycles. The van der Waals surface area contributed by atoms with Gasteiger partial charge in [-0.2, -0.15) is 0 Å². The minimum Gasteiger partial charge on any atom is -0.467 e. The lowest BCUT2D eigenvalue weighted by molar-refractivity contribution is -0.141. The highest BCUT2D eigenvalue weighted by Gasteiger charge is 2.23. The first-order valence-electron chi connectivity index (χ1n) is 6.37. The van der Waals surface area contributed by atoms with Gasteiger partial charge in [0.25, 0.3) is 0 Å². The van der Waals surface area contributed by atoms with Gasteiger partial charge in [0.15, 0.2) is 6.04 Å². The highest BCUT2D eigenvalue weighted by molar-refractivity contribution is 9.10. The zero-order valence-electron chi connectivity index (χ0n) is 11.7. The van der Waals surface area contributed by atoms with Crippen LogP contribution in [0.1, 0.15) is 17.2 Å². The molecule has 0 saturated carbocycles. The van der Waals surface area contributed by atoms with Crippen LogP contribution >= 0.6 is 15.9 Å². The number of anilines is 1. The number of hydrogen-bond acceptors (Lipinski definition) is 3. The van der Waals surface area contributed by atoms with E-state index in [2.05, 4.69) is 21.2 Å². The fraction of sp³-hybridized carbons (Fsp3) is 0.188. The van der Waals surface area contributed by atoms with Gasteiger partial charge in [0.2, 0.25) is 0 Å². The quantitative estimate of drug-likeness (QED) is 0.838. The van der Waals surface area contributed by atoms with E-state index in [-0.39, 0.29) is 5.82 Å². The number of aryl methyl sites for hydroxylation is 1. The van der Waals surface area contributed by atoms with Crippen molar-refractivity contribution in [1.29, 1.82) is 0 Å². The van der Waals surface area contributed by atoms with E-state index in [4.69, 9.17) is 4.74 Å². The Kier molecular flexibility index (Phi) is 4.96. The van der Waals surface area contributed by atoms with Crippen LogP contribution in [0.2, 0.25) is 0 Å². The number of carbonyl (C=O) groups excluding carboxylic acids is 1. The molecule has 0 saturated heterocycles. The third-order valence-corrected chi connectivity index (χ3v) is 3.76. The predicted molar refractivity (Wildman–Crippen MR) is 83.7 cm³/mol. The molecule has 0 aromatic heterocycles. The molecule has 0 fully saturated rings. The Labute approximate surface area is 131 Å². The van der Waals surface area contributed by atoms with E-state index in [1.54, 1.807) is 6.07 Å². The lowest BCUT2D eigenvalue weighted by atomic mass is 10.1. The summed E-state index contributed by atoms with van der Waals surface area (Å²) in [6.07, 6.45) is 0. The summed E-state index contributed by atoms with van der Waals surface area (Å²) in [5.74, 6) is -0.813.